The van der Waals surface area contributed by atoms with Crippen LogP contribution in [-0.2, 0) is 14.3 Å². The molecule has 3 saturated carbocycles. The zero-order valence-electron chi connectivity index (χ0n) is 11.3. The van der Waals surface area contributed by atoms with Gasteiger partial charge < -0.3 is 4.74 Å². The average Bonchev–Trinajstić information content (AvgIpc) is 2.66. The fourth-order valence-corrected chi connectivity index (χ4v) is 6.08. The fraction of sp³-hybridized carbons (Fsp3) is 0.867. The minimum absolute atomic E-state index is 0.0167. The summed E-state index contributed by atoms with van der Waals surface area (Å²) >= 11 is 0. The molecule has 0 unspecified atom stereocenters. The Hall–Kier alpha value is -0.860. The summed E-state index contributed by atoms with van der Waals surface area (Å²) in [6.07, 6.45) is 3.62. The van der Waals surface area contributed by atoms with E-state index in [0.717, 1.165) is 19.3 Å². The Morgan fingerprint density at radius 1 is 1.11 bits per heavy atom. The van der Waals surface area contributed by atoms with Gasteiger partial charge in [0.25, 0.3) is 0 Å². The highest BCUT2D eigenvalue weighted by Crippen LogP contribution is 2.76. The van der Waals surface area contributed by atoms with Crippen molar-refractivity contribution in [3.05, 3.63) is 0 Å². The Morgan fingerprint density at radius 2 is 1.83 bits per heavy atom. The Morgan fingerprint density at radius 3 is 2.56 bits per heavy atom. The number of hydrogen-bond donors (Lipinski definition) is 0. The number of ketones is 1. The molecule has 4 fully saturated rings. The van der Waals surface area contributed by atoms with Gasteiger partial charge in [-0.1, -0.05) is 13.8 Å². The minimum atomic E-state index is -0.814. The van der Waals surface area contributed by atoms with E-state index in [0.29, 0.717) is 18.3 Å². The summed E-state index contributed by atoms with van der Waals surface area (Å²) in [4.78, 5) is 24.6. The first-order valence-electron chi connectivity index (χ1n) is 7.09. The van der Waals surface area contributed by atoms with Gasteiger partial charge in [-0.15, -0.1) is 0 Å². The van der Waals surface area contributed by atoms with Crippen molar-refractivity contribution in [3.63, 3.8) is 0 Å². The second-order valence-corrected chi connectivity index (χ2v) is 7.63. The molecule has 0 aromatic rings. The minimum Gasteiger partial charge on any atom is -0.450 e. The second kappa shape index (κ2) is 2.68. The largest absolute Gasteiger partial charge is 0.450 e. The monoisotopic (exact) mass is 248 g/mol. The summed E-state index contributed by atoms with van der Waals surface area (Å²) in [7, 11) is 0. The zero-order chi connectivity index (χ0) is 12.9. The Kier molecular flexibility index (Phi) is 1.64. The van der Waals surface area contributed by atoms with E-state index in [1.165, 1.54) is 0 Å². The molecule has 3 aliphatic carbocycles. The topological polar surface area (TPSA) is 43.4 Å². The summed E-state index contributed by atoms with van der Waals surface area (Å²) < 4.78 is 5.62. The van der Waals surface area contributed by atoms with Crippen LogP contribution in [0.15, 0.2) is 0 Å². The van der Waals surface area contributed by atoms with Crippen LogP contribution >= 0.6 is 0 Å². The number of esters is 1. The molecule has 4 aliphatic rings. The van der Waals surface area contributed by atoms with Crippen molar-refractivity contribution in [2.24, 2.45) is 28.6 Å². The van der Waals surface area contributed by atoms with Crippen LogP contribution in [0.2, 0.25) is 0 Å². The van der Waals surface area contributed by atoms with Crippen LogP contribution in [0.4, 0.5) is 0 Å². The van der Waals surface area contributed by atoms with Crippen molar-refractivity contribution < 1.29 is 14.3 Å². The third-order valence-electron chi connectivity index (χ3n) is 6.70. The molecule has 1 saturated heterocycles. The Labute approximate surface area is 107 Å². The molecule has 0 N–H and O–H groups in total. The highest BCUT2D eigenvalue weighted by atomic mass is 16.6. The van der Waals surface area contributed by atoms with Gasteiger partial charge >= 0.3 is 5.97 Å². The SMILES string of the molecule is CC1(C)C[C@]23[C@@H]4CC(=O)[C@]2(C)OC(=O)[C@@H]3CC[C@H]41. The van der Waals surface area contributed by atoms with E-state index in [1.807, 2.05) is 6.92 Å². The van der Waals surface area contributed by atoms with Crippen molar-refractivity contribution in [1.82, 2.24) is 0 Å². The molecule has 4 rings (SSSR count). The predicted octanol–water partition coefficient (Wildman–Crippen LogP) is 2.33. The van der Waals surface area contributed by atoms with E-state index < -0.39 is 5.60 Å². The maximum Gasteiger partial charge on any atom is 0.310 e. The lowest BCUT2D eigenvalue weighted by Gasteiger charge is -2.40. The molecular formula is C15H20O3. The number of carbonyl (C=O) groups is 2. The third-order valence-corrected chi connectivity index (χ3v) is 6.70. The van der Waals surface area contributed by atoms with Gasteiger partial charge in [-0.3, -0.25) is 9.59 Å². The number of ether oxygens (including phenoxy) is 1. The highest BCUT2D eigenvalue weighted by molar-refractivity contribution is 5.97. The Balaban J connectivity index is 1.97. The number of carbonyl (C=O) groups excluding carboxylic acids is 2. The highest BCUT2D eigenvalue weighted by Gasteiger charge is 2.80. The maximum absolute atomic E-state index is 12.4. The van der Waals surface area contributed by atoms with Gasteiger partial charge in [-0.25, -0.2) is 0 Å². The van der Waals surface area contributed by atoms with Crippen molar-refractivity contribution in [2.75, 3.05) is 0 Å². The van der Waals surface area contributed by atoms with E-state index >= 15 is 0 Å². The molecule has 0 aromatic carbocycles. The van der Waals surface area contributed by atoms with Crippen LogP contribution in [0.1, 0.15) is 46.5 Å². The zero-order valence-corrected chi connectivity index (χ0v) is 11.3. The summed E-state index contributed by atoms with van der Waals surface area (Å²) in [6, 6.07) is 0. The van der Waals surface area contributed by atoms with Gasteiger partial charge in [0.15, 0.2) is 11.4 Å². The summed E-state index contributed by atoms with van der Waals surface area (Å²) in [6.45, 7) is 6.50. The number of rotatable bonds is 0. The van der Waals surface area contributed by atoms with Crippen LogP contribution in [0, 0.1) is 28.6 Å². The quantitative estimate of drug-likeness (QED) is 0.618. The van der Waals surface area contributed by atoms with E-state index in [-0.39, 0.29) is 28.5 Å². The molecule has 1 aliphatic heterocycles. The molecule has 5 atom stereocenters. The summed E-state index contributed by atoms with van der Waals surface area (Å²) in [5.41, 5.74) is -0.741. The van der Waals surface area contributed by atoms with Gasteiger partial charge in [0, 0.05) is 11.8 Å². The summed E-state index contributed by atoms with van der Waals surface area (Å²) in [5.74, 6) is 1.03. The van der Waals surface area contributed by atoms with E-state index in [9.17, 15) is 9.59 Å². The molecule has 1 heterocycles. The standard InChI is InChI=1S/C15H20O3/c1-13(2)7-15-9-5-4-8(13)10(15)6-11(16)14(15,3)18-12(9)17/h8-10H,4-7H2,1-3H3/t8-,9+,10-,14+,15+/m1/s1. The second-order valence-electron chi connectivity index (χ2n) is 7.63. The van der Waals surface area contributed by atoms with Crippen LogP contribution < -0.4 is 0 Å². The van der Waals surface area contributed by atoms with Crippen molar-refractivity contribution in [3.8, 4) is 0 Å². The molecule has 98 valence electrons. The van der Waals surface area contributed by atoms with Crippen molar-refractivity contribution in [2.45, 2.75) is 52.1 Å². The maximum atomic E-state index is 12.4. The lowest BCUT2D eigenvalue weighted by Crippen LogP contribution is -2.47. The van der Waals surface area contributed by atoms with Crippen LogP contribution in [0.3, 0.4) is 0 Å². The molecule has 0 aromatic heterocycles. The van der Waals surface area contributed by atoms with Gasteiger partial charge in [-0.2, -0.15) is 0 Å². The van der Waals surface area contributed by atoms with E-state index in [1.54, 1.807) is 0 Å². The van der Waals surface area contributed by atoms with Crippen molar-refractivity contribution >= 4 is 11.8 Å². The Bertz CT molecular complexity index is 480. The van der Waals surface area contributed by atoms with Crippen molar-refractivity contribution in [1.29, 1.82) is 0 Å². The molecular weight excluding hydrogens is 228 g/mol. The van der Waals surface area contributed by atoms with Gasteiger partial charge in [0.05, 0.1) is 5.92 Å². The van der Waals surface area contributed by atoms with Gasteiger partial charge in [0.1, 0.15) is 0 Å². The molecule has 18 heavy (non-hydrogen) atoms. The first-order chi connectivity index (χ1) is 8.33. The third kappa shape index (κ3) is 0.837. The normalized spacial score (nSPS) is 55.6. The van der Waals surface area contributed by atoms with Crippen LogP contribution in [0.5, 0.6) is 0 Å². The molecule has 1 spiro atoms. The average molecular weight is 248 g/mol. The van der Waals surface area contributed by atoms with Gasteiger partial charge in [-0.05, 0) is 43.4 Å². The number of hydrogen-bond acceptors (Lipinski definition) is 3. The molecule has 3 heteroatoms. The van der Waals surface area contributed by atoms with Crippen LogP contribution in [0.25, 0.3) is 0 Å². The predicted molar refractivity (Wildman–Crippen MR) is 64.7 cm³/mol. The van der Waals surface area contributed by atoms with E-state index in [4.69, 9.17) is 4.74 Å². The fourth-order valence-electron chi connectivity index (χ4n) is 6.08. The molecule has 0 radical (unpaired) electrons. The smallest absolute Gasteiger partial charge is 0.310 e. The lowest BCUT2D eigenvalue weighted by atomic mass is 9.59. The summed E-state index contributed by atoms with van der Waals surface area (Å²) in [5, 5.41) is 0. The first-order valence-corrected chi connectivity index (χ1v) is 7.09. The first kappa shape index (κ1) is 11.0. The van der Waals surface area contributed by atoms with Gasteiger partial charge in [0.2, 0.25) is 0 Å². The molecule has 0 amide bonds. The number of Topliss-reactive ketones (excluding diaryl/α,β-unsaturated/α-hetero) is 1. The lowest BCUT2D eigenvalue weighted by molar-refractivity contribution is -0.158. The molecule has 3 nitrogen and oxygen atoms in total. The van der Waals surface area contributed by atoms with Crippen LogP contribution in [-0.4, -0.2) is 17.4 Å². The van der Waals surface area contributed by atoms with E-state index in [2.05, 4.69) is 13.8 Å². The molecule has 2 bridgehead atoms.